The molecular formula is C18H22N2O2. The SMILES string of the molecule is COc1ccc(CCC2NCCc3ncccc32)cc1OC. The number of aromatic nitrogens is 1. The van der Waals surface area contributed by atoms with Crippen LogP contribution >= 0.6 is 0 Å². The lowest BCUT2D eigenvalue weighted by molar-refractivity contribution is 0.354. The molecule has 2 aromatic rings. The van der Waals surface area contributed by atoms with Crippen LogP contribution in [-0.2, 0) is 12.8 Å². The van der Waals surface area contributed by atoms with Gasteiger partial charge < -0.3 is 14.8 Å². The van der Waals surface area contributed by atoms with E-state index in [4.69, 9.17) is 9.47 Å². The summed E-state index contributed by atoms with van der Waals surface area (Å²) in [6, 6.07) is 10.7. The van der Waals surface area contributed by atoms with Crippen molar-refractivity contribution in [1.82, 2.24) is 10.3 Å². The summed E-state index contributed by atoms with van der Waals surface area (Å²) in [7, 11) is 3.33. The van der Waals surface area contributed by atoms with Crippen molar-refractivity contribution in [2.75, 3.05) is 20.8 Å². The number of pyridine rings is 1. The Morgan fingerprint density at radius 3 is 2.86 bits per heavy atom. The molecule has 1 N–H and O–H groups in total. The predicted molar refractivity (Wildman–Crippen MR) is 86.6 cm³/mol. The molecule has 4 heteroatoms. The summed E-state index contributed by atoms with van der Waals surface area (Å²) in [6.45, 7) is 1.00. The average Bonchev–Trinajstić information content (AvgIpc) is 2.59. The lowest BCUT2D eigenvalue weighted by Crippen LogP contribution is -2.30. The van der Waals surface area contributed by atoms with Crippen LogP contribution in [0, 0.1) is 0 Å². The van der Waals surface area contributed by atoms with Crippen molar-refractivity contribution in [1.29, 1.82) is 0 Å². The second-order valence-electron chi connectivity index (χ2n) is 5.52. The van der Waals surface area contributed by atoms with Crippen molar-refractivity contribution in [2.24, 2.45) is 0 Å². The van der Waals surface area contributed by atoms with Crippen LogP contribution in [0.5, 0.6) is 11.5 Å². The number of nitrogens with one attached hydrogen (secondary N) is 1. The number of rotatable bonds is 5. The first-order valence-electron chi connectivity index (χ1n) is 7.70. The van der Waals surface area contributed by atoms with Crippen LogP contribution in [-0.4, -0.2) is 25.7 Å². The lowest BCUT2D eigenvalue weighted by atomic mass is 9.94. The van der Waals surface area contributed by atoms with Crippen molar-refractivity contribution in [3.63, 3.8) is 0 Å². The zero-order valence-corrected chi connectivity index (χ0v) is 13.1. The van der Waals surface area contributed by atoms with Gasteiger partial charge >= 0.3 is 0 Å². The molecule has 22 heavy (non-hydrogen) atoms. The summed E-state index contributed by atoms with van der Waals surface area (Å²) in [5.41, 5.74) is 3.84. The first kappa shape index (κ1) is 14.9. The van der Waals surface area contributed by atoms with E-state index in [9.17, 15) is 0 Å². The molecule has 0 saturated heterocycles. The van der Waals surface area contributed by atoms with E-state index in [1.807, 2.05) is 18.3 Å². The Morgan fingerprint density at radius 2 is 2.05 bits per heavy atom. The molecule has 1 aliphatic rings. The third kappa shape index (κ3) is 3.07. The molecule has 1 atom stereocenters. The van der Waals surface area contributed by atoms with Gasteiger partial charge in [0.25, 0.3) is 0 Å². The third-order valence-corrected chi connectivity index (χ3v) is 4.22. The van der Waals surface area contributed by atoms with Crippen LogP contribution in [0.4, 0.5) is 0 Å². The fourth-order valence-corrected chi connectivity index (χ4v) is 3.06. The number of methoxy groups -OCH3 is 2. The Bertz CT molecular complexity index is 643. The molecular weight excluding hydrogens is 276 g/mol. The van der Waals surface area contributed by atoms with Gasteiger partial charge in [0.15, 0.2) is 11.5 Å². The third-order valence-electron chi connectivity index (χ3n) is 4.22. The zero-order chi connectivity index (χ0) is 15.4. The fourth-order valence-electron chi connectivity index (χ4n) is 3.06. The summed E-state index contributed by atoms with van der Waals surface area (Å²) < 4.78 is 10.7. The molecule has 3 rings (SSSR count). The molecule has 2 heterocycles. The minimum atomic E-state index is 0.380. The number of nitrogens with zero attached hydrogens (tertiary/aromatic N) is 1. The maximum atomic E-state index is 5.37. The lowest BCUT2D eigenvalue weighted by Gasteiger charge is -2.26. The van der Waals surface area contributed by atoms with E-state index in [-0.39, 0.29) is 0 Å². The number of hydrogen-bond donors (Lipinski definition) is 1. The topological polar surface area (TPSA) is 43.4 Å². The molecule has 0 saturated carbocycles. The second-order valence-corrected chi connectivity index (χ2v) is 5.52. The summed E-state index contributed by atoms with van der Waals surface area (Å²) >= 11 is 0. The van der Waals surface area contributed by atoms with Crippen molar-refractivity contribution in [3.05, 3.63) is 53.3 Å². The van der Waals surface area contributed by atoms with E-state index in [1.165, 1.54) is 16.8 Å². The fraction of sp³-hybridized carbons (Fsp3) is 0.389. The number of benzene rings is 1. The normalized spacial score (nSPS) is 16.9. The first-order chi connectivity index (χ1) is 10.8. The van der Waals surface area contributed by atoms with Gasteiger partial charge in [0.05, 0.1) is 14.2 Å². The van der Waals surface area contributed by atoms with Crippen molar-refractivity contribution in [2.45, 2.75) is 25.3 Å². The Balaban J connectivity index is 1.71. The van der Waals surface area contributed by atoms with Gasteiger partial charge in [-0.25, -0.2) is 0 Å². The maximum absolute atomic E-state index is 5.37. The van der Waals surface area contributed by atoms with Crippen LogP contribution in [0.25, 0.3) is 0 Å². The van der Waals surface area contributed by atoms with Gasteiger partial charge in [-0.3, -0.25) is 4.98 Å². The molecule has 1 aromatic heterocycles. The zero-order valence-electron chi connectivity index (χ0n) is 13.1. The molecule has 0 amide bonds. The van der Waals surface area contributed by atoms with E-state index >= 15 is 0 Å². The van der Waals surface area contributed by atoms with Crippen LogP contribution in [0.2, 0.25) is 0 Å². The van der Waals surface area contributed by atoms with Gasteiger partial charge in [-0.05, 0) is 42.2 Å². The summed E-state index contributed by atoms with van der Waals surface area (Å²) in [6.07, 6.45) is 4.94. The Kier molecular flexibility index (Phi) is 4.59. The van der Waals surface area contributed by atoms with Crippen molar-refractivity contribution in [3.8, 4) is 11.5 Å². The minimum Gasteiger partial charge on any atom is -0.493 e. The van der Waals surface area contributed by atoms with Crippen molar-refractivity contribution < 1.29 is 9.47 Å². The van der Waals surface area contributed by atoms with Crippen LogP contribution in [0.15, 0.2) is 36.5 Å². The van der Waals surface area contributed by atoms with Crippen LogP contribution in [0.1, 0.15) is 29.3 Å². The molecule has 1 aliphatic heterocycles. The average molecular weight is 298 g/mol. The largest absolute Gasteiger partial charge is 0.493 e. The predicted octanol–water partition coefficient (Wildman–Crippen LogP) is 2.92. The minimum absolute atomic E-state index is 0.380. The smallest absolute Gasteiger partial charge is 0.160 e. The molecule has 1 aromatic carbocycles. The van der Waals surface area contributed by atoms with Gasteiger partial charge in [-0.15, -0.1) is 0 Å². The van der Waals surface area contributed by atoms with E-state index in [1.54, 1.807) is 14.2 Å². The van der Waals surface area contributed by atoms with Gasteiger partial charge in [0, 0.05) is 30.9 Å². The highest BCUT2D eigenvalue weighted by atomic mass is 16.5. The van der Waals surface area contributed by atoms with Gasteiger partial charge in [0.2, 0.25) is 0 Å². The molecule has 0 radical (unpaired) electrons. The van der Waals surface area contributed by atoms with E-state index < -0.39 is 0 Å². The van der Waals surface area contributed by atoms with Gasteiger partial charge in [0.1, 0.15) is 0 Å². The molecule has 116 valence electrons. The Labute approximate surface area is 131 Å². The van der Waals surface area contributed by atoms with E-state index in [0.717, 1.165) is 37.3 Å². The molecule has 0 bridgehead atoms. The van der Waals surface area contributed by atoms with E-state index in [2.05, 4.69) is 28.5 Å². The van der Waals surface area contributed by atoms with Crippen LogP contribution < -0.4 is 14.8 Å². The monoisotopic (exact) mass is 298 g/mol. The summed E-state index contributed by atoms with van der Waals surface area (Å²) in [5.74, 6) is 1.57. The van der Waals surface area contributed by atoms with Crippen LogP contribution in [0.3, 0.4) is 0 Å². The second kappa shape index (κ2) is 6.79. The first-order valence-corrected chi connectivity index (χ1v) is 7.70. The maximum Gasteiger partial charge on any atom is 0.160 e. The highest BCUT2D eigenvalue weighted by Gasteiger charge is 2.20. The Hall–Kier alpha value is -2.07. The van der Waals surface area contributed by atoms with Gasteiger partial charge in [-0.2, -0.15) is 0 Å². The highest BCUT2D eigenvalue weighted by Crippen LogP contribution is 2.30. The molecule has 0 aliphatic carbocycles. The van der Waals surface area contributed by atoms with Crippen molar-refractivity contribution >= 4 is 0 Å². The molecule has 0 fully saturated rings. The summed E-state index contributed by atoms with van der Waals surface area (Å²) in [4.78, 5) is 4.50. The number of ether oxygens (including phenoxy) is 2. The molecule has 4 nitrogen and oxygen atoms in total. The Morgan fingerprint density at radius 1 is 1.18 bits per heavy atom. The quantitative estimate of drug-likeness (QED) is 0.922. The number of fused-ring (bicyclic) bond motifs is 1. The number of aryl methyl sites for hydroxylation is 1. The highest BCUT2D eigenvalue weighted by molar-refractivity contribution is 5.43. The molecule has 0 spiro atoms. The number of hydrogen-bond acceptors (Lipinski definition) is 4. The molecule has 1 unspecified atom stereocenters. The van der Waals surface area contributed by atoms with Gasteiger partial charge in [-0.1, -0.05) is 12.1 Å². The summed E-state index contributed by atoms with van der Waals surface area (Å²) in [5, 5.41) is 3.60. The van der Waals surface area contributed by atoms with E-state index in [0.29, 0.717) is 6.04 Å². The standard InChI is InChI=1S/C18H22N2O2/c1-21-17-8-6-13(12-18(17)22-2)5-7-15-14-4-3-10-19-16(14)9-11-20-15/h3-4,6,8,10,12,15,20H,5,7,9,11H2,1-2H3.